The molecule has 5 heteroatoms. The number of methoxy groups -OCH3 is 1. The quantitative estimate of drug-likeness (QED) is 0.892. The molecule has 0 unspecified atom stereocenters. The maximum Gasteiger partial charge on any atom is 0.143 e. The van der Waals surface area contributed by atoms with Crippen LogP contribution in [0.3, 0.4) is 0 Å². The molecule has 0 amide bonds. The Bertz CT molecular complexity index is 663. The Morgan fingerprint density at radius 1 is 1.35 bits per heavy atom. The Labute approximate surface area is 117 Å². The van der Waals surface area contributed by atoms with Gasteiger partial charge in [-0.1, -0.05) is 6.07 Å². The number of hydrogen-bond donors (Lipinski definition) is 2. The fourth-order valence-electron chi connectivity index (χ4n) is 1.88. The number of ether oxygens (including phenoxy) is 1. The van der Waals surface area contributed by atoms with Crippen LogP contribution in [0.15, 0.2) is 30.3 Å². The van der Waals surface area contributed by atoms with Gasteiger partial charge in [0.2, 0.25) is 0 Å². The van der Waals surface area contributed by atoms with Crippen LogP contribution >= 0.6 is 0 Å². The first-order chi connectivity index (χ1) is 9.65. The standard InChI is InChI=1S/C15H15N3O2/c1-10-6-7-13(19)12(18-10)9-17-15-11(8-16)4-3-5-14(15)20-2/h3-7,17,19H,9H2,1-2H3. The predicted molar refractivity (Wildman–Crippen MR) is 75.7 cm³/mol. The van der Waals surface area contributed by atoms with E-state index < -0.39 is 0 Å². The fourth-order valence-corrected chi connectivity index (χ4v) is 1.88. The van der Waals surface area contributed by atoms with E-state index in [0.717, 1.165) is 5.69 Å². The summed E-state index contributed by atoms with van der Waals surface area (Å²) in [5.74, 6) is 0.702. The number of rotatable bonds is 4. The number of hydrogen-bond acceptors (Lipinski definition) is 5. The van der Waals surface area contributed by atoms with Gasteiger partial charge in [-0.05, 0) is 31.2 Å². The SMILES string of the molecule is COc1cccc(C#N)c1NCc1nc(C)ccc1O. The topological polar surface area (TPSA) is 78.2 Å². The number of para-hydroxylation sites is 1. The number of aromatic nitrogens is 1. The maximum absolute atomic E-state index is 9.77. The highest BCUT2D eigenvalue weighted by Gasteiger charge is 2.10. The summed E-state index contributed by atoms with van der Waals surface area (Å²) in [5.41, 5.74) is 2.43. The maximum atomic E-state index is 9.77. The van der Waals surface area contributed by atoms with Crippen LogP contribution in [0.4, 0.5) is 5.69 Å². The first kappa shape index (κ1) is 13.7. The normalized spacial score (nSPS) is 9.85. The van der Waals surface area contributed by atoms with E-state index in [9.17, 15) is 5.11 Å². The first-order valence-corrected chi connectivity index (χ1v) is 6.12. The molecule has 0 fully saturated rings. The molecule has 0 atom stereocenters. The Balaban J connectivity index is 2.27. The number of nitrogens with zero attached hydrogens (tertiary/aromatic N) is 2. The lowest BCUT2D eigenvalue weighted by molar-refractivity contribution is 0.416. The molecule has 1 heterocycles. The third-order valence-electron chi connectivity index (χ3n) is 2.89. The highest BCUT2D eigenvalue weighted by Crippen LogP contribution is 2.28. The minimum absolute atomic E-state index is 0.122. The van der Waals surface area contributed by atoms with E-state index in [1.807, 2.05) is 6.92 Å². The van der Waals surface area contributed by atoms with E-state index in [-0.39, 0.29) is 5.75 Å². The molecule has 20 heavy (non-hydrogen) atoms. The molecule has 0 bridgehead atoms. The van der Waals surface area contributed by atoms with E-state index in [0.29, 0.717) is 29.2 Å². The van der Waals surface area contributed by atoms with Gasteiger partial charge in [0.25, 0.3) is 0 Å². The Kier molecular flexibility index (Phi) is 4.06. The zero-order valence-electron chi connectivity index (χ0n) is 11.3. The van der Waals surface area contributed by atoms with Gasteiger partial charge in [0.1, 0.15) is 23.3 Å². The van der Waals surface area contributed by atoms with Gasteiger partial charge in [0.05, 0.1) is 24.9 Å². The molecule has 0 saturated heterocycles. The van der Waals surface area contributed by atoms with Crippen molar-refractivity contribution in [2.45, 2.75) is 13.5 Å². The number of nitrogens with one attached hydrogen (secondary N) is 1. The molecule has 2 N–H and O–H groups in total. The van der Waals surface area contributed by atoms with Crippen molar-refractivity contribution in [3.8, 4) is 17.6 Å². The van der Waals surface area contributed by atoms with Gasteiger partial charge >= 0.3 is 0 Å². The number of nitriles is 1. The fraction of sp³-hybridized carbons (Fsp3) is 0.200. The van der Waals surface area contributed by atoms with E-state index in [1.165, 1.54) is 0 Å². The van der Waals surface area contributed by atoms with Crippen LogP contribution in [0.25, 0.3) is 0 Å². The summed E-state index contributed by atoms with van der Waals surface area (Å²) < 4.78 is 5.23. The van der Waals surface area contributed by atoms with Crippen LogP contribution in [0.5, 0.6) is 11.5 Å². The van der Waals surface area contributed by atoms with Crippen molar-refractivity contribution >= 4 is 5.69 Å². The molecule has 5 nitrogen and oxygen atoms in total. The second-order valence-electron chi connectivity index (χ2n) is 4.27. The summed E-state index contributed by atoms with van der Waals surface area (Å²) in [6, 6.07) is 10.7. The van der Waals surface area contributed by atoms with Crippen LogP contribution in [0, 0.1) is 18.3 Å². The van der Waals surface area contributed by atoms with Gasteiger partial charge in [-0.3, -0.25) is 4.98 Å². The molecule has 2 aromatic rings. The second kappa shape index (κ2) is 5.93. The van der Waals surface area contributed by atoms with Gasteiger partial charge in [0.15, 0.2) is 0 Å². The van der Waals surface area contributed by atoms with Gasteiger partial charge in [-0.25, -0.2) is 0 Å². The third kappa shape index (κ3) is 2.81. The Hall–Kier alpha value is -2.74. The molecule has 0 aliphatic heterocycles. The monoisotopic (exact) mass is 269 g/mol. The predicted octanol–water partition coefficient (Wildman–Crippen LogP) is 2.59. The van der Waals surface area contributed by atoms with E-state index in [4.69, 9.17) is 10.00 Å². The van der Waals surface area contributed by atoms with Crippen molar-refractivity contribution in [1.82, 2.24) is 4.98 Å². The van der Waals surface area contributed by atoms with Crippen LogP contribution < -0.4 is 10.1 Å². The van der Waals surface area contributed by atoms with Crippen LogP contribution in [-0.2, 0) is 6.54 Å². The second-order valence-corrected chi connectivity index (χ2v) is 4.27. The van der Waals surface area contributed by atoms with Crippen molar-refractivity contribution in [2.24, 2.45) is 0 Å². The molecule has 1 aromatic carbocycles. The van der Waals surface area contributed by atoms with Crippen LogP contribution in [0.1, 0.15) is 17.0 Å². The molecule has 1 aromatic heterocycles. The largest absolute Gasteiger partial charge is 0.506 e. The van der Waals surface area contributed by atoms with Crippen molar-refractivity contribution in [3.05, 3.63) is 47.3 Å². The summed E-state index contributed by atoms with van der Waals surface area (Å²) in [6.07, 6.45) is 0. The summed E-state index contributed by atoms with van der Waals surface area (Å²) in [6.45, 7) is 2.16. The number of aromatic hydroxyl groups is 1. The molecule has 0 aliphatic carbocycles. The van der Waals surface area contributed by atoms with Gasteiger partial charge < -0.3 is 15.2 Å². The lowest BCUT2D eigenvalue weighted by Gasteiger charge is -2.13. The minimum Gasteiger partial charge on any atom is -0.506 e. The summed E-state index contributed by atoms with van der Waals surface area (Å²) in [7, 11) is 1.55. The molecule has 0 aliphatic rings. The zero-order valence-corrected chi connectivity index (χ0v) is 11.3. The van der Waals surface area contributed by atoms with Crippen LogP contribution in [0.2, 0.25) is 0 Å². The Morgan fingerprint density at radius 3 is 2.85 bits per heavy atom. The average Bonchev–Trinajstić information content (AvgIpc) is 2.47. The van der Waals surface area contributed by atoms with E-state index in [2.05, 4.69) is 16.4 Å². The number of benzene rings is 1. The summed E-state index contributed by atoms with van der Waals surface area (Å²) in [5, 5.41) is 22.0. The summed E-state index contributed by atoms with van der Waals surface area (Å²) >= 11 is 0. The lowest BCUT2D eigenvalue weighted by atomic mass is 10.1. The molecular formula is C15H15N3O2. The van der Waals surface area contributed by atoms with Crippen molar-refractivity contribution < 1.29 is 9.84 Å². The number of aryl methyl sites for hydroxylation is 1. The highest BCUT2D eigenvalue weighted by atomic mass is 16.5. The molecule has 0 saturated carbocycles. The zero-order chi connectivity index (χ0) is 14.5. The van der Waals surface area contributed by atoms with Gasteiger partial charge in [-0.15, -0.1) is 0 Å². The Morgan fingerprint density at radius 2 is 2.15 bits per heavy atom. The smallest absolute Gasteiger partial charge is 0.143 e. The molecular weight excluding hydrogens is 254 g/mol. The summed E-state index contributed by atoms with van der Waals surface area (Å²) in [4.78, 5) is 4.26. The van der Waals surface area contributed by atoms with Gasteiger partial charge in [-0.2, -0.15) is 5.26 Å². The third-order valence-corrected chi connectivity index (χ3v) is 2.89. The van der Waals surface area contributed by atoms with Gasteiger partial charge in [0, 0.05) is 5.69 Å². The lowest BCUT2D eigenvalue weighted by Crippen LogP contribution is -2.05. The van der Waals surface area contributed by atoms with E-state index in [1.54, 1.807) is 37.4 Å². The van der Waals surface area contributed by atoms with Crippen molar-refractivity contribution in [2.75, 3.05) is 12.4 Å². The van der Waals surface area contributed by atoms with Crippen molar-refractivity contribution in [3.63, 3.8) is 0 Å². The number of pyridine rings is 1. The highest BCUT2D eigenvalue weighted by molar-refractivity contribution is 5.66. The average molecular weight is 269 g/mol. The first-order valence-electron chi connectivity index (χ1n) is 6.12. The molecule has 0 spiro atoms. The van der Waals surface area contributed by atoms with Crippen molar-refractivity contribution in [1.29, 1.82) is 5.26 Å². The van der Waals surface area contributed by atoms with E-state index >= 15 is 0 Å². The molecule has 0 radical (unpaired) electrons. The van der Waals surface area contributed by atoms with Crippen LogP contribution in [-0.4, -0.2) is 17.2 Å². The molecule has 2 rings (SSSR count). The molecule has 102 valence electrons. The minimum atomic E-state index is 0.122. The number of anilines is 1.